The van der Waals surface area contributed by atoms with Crippen LogP contribution in [-0.2, 0) is 22.4 Å². The molecule has 0 saturated carbocycles. The minimum Gasteiger partial charge on any atom is -0.466 e. The second-order valence-corrected chi connectivity index (χ2v) is 5.44. The summed E-state index contributed by atoms with van der Waals surface area (Å²) in [6.45, 7) is 2.18. The SMILES string of the molecule is CCOC(=O)[C@H]1CCc2c(sc(N)c2C(N)=O)C1. The second-order valence-electron chi connectivity index (χ2n) is 4.30. The molecule has 1 atom stereocenters. The van der Waals surface area contributed by atoms with Gasteiger partial charge in [0.2, 0.25) is 0 Å². The topological polar surface area (TPSA) is 95.4 Å². The van der Waals surface area contributed by atoms with Gasteiger partial charge in [-0.15, -0.1) is 11.3 Å². The van der Waals surface area contributed by atoms with Crippen LogP contribution in [0, 0.1) is 5.92 Å². The standard InChI is InChI=1S/C12H16N2O3S/c1-2-17-12(16)6-3-4-7-8(5-6)18-11(14)9(7)10(13)15/h6H,2-5,14H2,1H3,(H2,13,15)/t6-/m0/s1. The largest absolute Gasteiger partial charge is 0.466 e. The summed E-state index contributed by atoms with van der Waals surface area (Å²) in [6, 6.07) is 0. The molecule has 6 heteroatoms. The number of nitrogens with two attached hydrogens (primary N) is 2. The fraction of sp³-hybridized carbons (Fsp3) is 0.500. The highest BCUT2D eigenvalue weighted by molar-refractivity contribution is 7.16. The molecule has 0 spiro atoms. The predicted octanol–water partition coefficient (Wildman–Crippen LogP) is 1.10. The van der Waals surface area contributed by atoms with Gasteiger partial charge < -0.3 is 16.2 Å². The van der Waals surface area contributed by atoms with Gasteiger partial charge >= 0.3 is 5.97 Å². The molecule has 1 aliphatic carbocycles. The number of thiophene rings is 1. The van der Waals surface area contributed by atoms with Gasteiger partial charge in [0.15, 0.2) is 0 Å². The predicted molar refractivity (Wildman–Crippen MR) is 69.4 cm³/mol. The van der Waals surface area contributed by atoms with E-state index in [-0.39, 0.29) is 11.9 Å². The summed E-state index contributed by atoms with van der Waals surface area (Å²) in [5.74, 6) is -0.786. The molecular weight excluding hydrogens is 252 g/mol. The lowest BCUT2D eigenvalue weighted by molar-refractivity contribution is -0.148. The minimum absolute atomic E-state index is 0.128. The van der Waals surface area contributed by atoms with E-state index < -0.39 is 5.91 Å². The summed E-state index contributed by atoms with van der Waals surface area (Å²) in [5.41, 5.74) is 12.5. The molecule has 1 aromatic rings. The zero-order valence-electron chi connectivity index (χ0n) is 10.2. The summed E-state index contributed by atoms with van der Waals surface area (Å²) >= 11 is 1.35. The van der Waals surface area contributed by atoms with Crippen LogP contribution in [0.3, 0.4) is 0 Å². The van der Waals surface area contributed by atoms with Crippen molar-refractivity contribution >= 4 is 28.2 Å². The summed E-state index contributed by atoms with van der Waals surface area (Å²) in [7, 11) is 0. The Bertz CT molecular complexity index is 496. The van der Waals surface area contributed by atoms with E-state index in [1.807, 2.05) is 0 Å². The molecule has 0 bridgehead atoms. The molecule has 98 valence electrons. The number of ether oxygens (including phenoxy) is 1. The highest BCUT2D eigenvalue weighted by atomic mass is 32.1. The molecule has 0 unspecified atom stereocenters. The average Bonchev–Trinajstić information content (AvgIpc) is 2.63. The van der Waals surface area contributed by atoms with Gasteiger partial charge in [-0.3, -0.25) is 9.59 Å². The normalized spacial score (nSPS) is 18.2. The van der Waals surface area contributed by atoms with E-state index in [1.165, 1.54) is 11.3 Å². The zero-order valence-corrected chi connectivity index (χ0v) is 11.0. The fourth-order valence-corrected chi connectivity index (χ4v) is 3.54. The van der Waals surface area contributed by atoms with Crippen molar-refractivity contribution in [2.24, 2.45) is 11.7 Å². The number of hydrogen-bond acceptors (Lipinski definition) is 5. The minimum atomic E-state index is -0.486. The van der Waals surface area contributed by atoms with Gasteiger partial charge in [-0.25, -0.2) is 0 Å². The Balaban J connectivity index is 2.23. The van der Waals surface area contributed by atoms with Crippen LogP contribution in [0.25, 0.3) is 0 Å². The Hall–Kier alpha value is -1.56. The van der Waals surface area contributed by atoms with E-state index in [0.29, 0.717) is 36.4 Å². The van der Waals surface area contributed by atoms with Crippen molar-refractivity contribution in [3.63, 3.8) is 0 Å². The van der Waals surface area contributed by atoms with E-state index >= 15 is 0 Å². The van der Waals surface area contributed by atoms with E-state index in [4.69, 9.17) is 16.2 Å². The van der Waals surface area contributed by atoms with Crippen molar-refractivity contribution in [1.82, 2.24) is 0 Å². The quantitative estimate of drug-likeness (QED) is 0.802. The van der Waals surface area contributed by atoms with Gasteiger partial charge in [0, 0.05) is 4.88 Å². The number of anilines is 1. The van der Waals surface area contributed by atoms with Crippen LogP contribution in [0.5, 0.6) is 0 Å². The lowest BCUT2D eigenvalue weighted by Crippen LogP contribution is -2.25. The number of primary amides is 1. The van der Waals surface area contributed by atoms with Crippen molar-refractivity contribution in [1.29, 1.82) is 0 Å². The first kappa shape index (κ1) is 12.9. The third-order valence-electron chi connectivity index (χ3n) is 3.16. The van der Waals surface area contributed by atoms with Gasteiger partial charge in [-0.05, 0) is 31.7 Å². The van der Waals surface area contributed by atoms with Crippen molar-refractivity contribution in [3.05, 3.63) is 16.0 Å². The Morgan fingerprint density at radius 1 is 1.50 bits per heavy atom. The Labute approximate surface area is 109 Å². The van der Waals surface area contributed by atoms with E-state index in [2.05, 4.69) is 0 Å². The lowest BCUT2D eigenvalue weighted by Gasteiger charge is -2.20. The van der Waals surface area contributed by atoms with Gasteiger partial charge in [0.05, 0.1) is 23.1 Å². The molecule has 1 heterocycles. The van der Waals surface area contributed by atoms with Crippen LogP contribution < -0.4 is 11.5 Å². The molecule has 2 rings (SSSR count). The number of fused-ring (bicyclic) bond motifs is 1. The molecule has 1 amide bonds. The summed E-state index contributed by atoms with van der Waals surface area (Å²) in [6.07, 6.45) is 1.93. The first-order chi connectivity index (χ1) is 8.54. The van der Waals surface area contributed by atoms with Crippen LogP contribution in [0.4, 0.5) is 5.00 Å². The zero-order chi connectivity index (χ0) is 13.3. The summed E-state index contributed by atoms with van der Waals surface area (Å²) < 4.78 is 5.02. The van der Waals surface area contributed by atoms with Gasteiger partial charge in [-0.1, -0.05) is 0 Å². The van der Waals surface area contributed by atoms with Gasteiger partial charge in [-0.2, -0.15) is 0 Å². The number of nitrogen functional groups attached to an aromatic ring is 1. The third kappa shape index (κ3) is 2.20. The molecule has 1 aromatic heterocycles. The molecule has 0 aromatic carbocycles. The first-order valence-corrected chi connectivity index (χ1v) is 6.72. The van der Waals surface area contributed by atoms with E-state index in [1.54, 1.807) is 6.92 Å². The molecule has 4 N–H and O–H groups in total. The van der Waals surface area contributed by atoms with Crippen LogP contribution in [0.2, 0.25) is 0 Å². The number of hydrogen-bond donors (Lipinski definition) is 2. The smallest absolute Gasteiger partial charge is 0.309 e. The van der Waals surface area contributed by atoms with Gasteiger partial charge in [0.1, 0.15) is 0 Å². The van der Waals surface area contributed by atoms with Crippen molar-refractivity contribution in [2.75, 3.05) is 12.3 Å². The van der Waals surface area contributed by atoms with Crippen LogP contribution in [-0.4, -0.2) is 18.5 Å². The first-order valence-electron chi connectivity index (χ1n) is 5.91. The van der Waals surface area contributed by atoms with Crippen LogP contribution in [0.15, 0.2) is 0 Å². The number of carbonyl (C=O) groups is 2. The summed E-state index contributed by atoms with van der Waals surface area (Å²) in [5, 5.41) is 0.456. The van der Waals surface area contributed by atoms with Crippen LogP contribution >= 0.6 is 11.3 Å². The highest BCUT2D eigenvalue weighted by Crippen LogP contribution is 2.38. The molecular formula is C12H16N2O3S. The molecule has 5 nitrogen and oxygen atoms in total. The Morgan fingerprint density at radius 2 is 2.22 bits per heavy atom. The van der Waals surface area contributed by atoms with E-state index in [9.17, 15) is 9.59 Å². The molecule has 1 aliphatic rings. The molecule has 0 radical (unpaired) electrons. The van der Waals surface area contributed by atoms with E-state index in [0.717, 1.165) is 10.4 Å². The number of rotatable bonds is 3. The molecule has 0 aliphatic heterocycles. The Morgan fingerprint density at radius 3 is 2.83 bits per heavy atom. The molecule has 0 saturated heterocycles. The van der Waals surface area contributed by atoms with Crippen molar-refractivity contribution in [3.8, 4) is 0 Å². The van der Waals surface area contributed by atoms with Crippen molar-refractivity contribution < 1.29 is 14.3 Å². The lowest BCUT2D eigenvalue weighted by atomic mass is 9.87. The summed E-state index contributed by atoms with van der Waals surface area (Å²) in [4.78, 5) is 24.0. The fourth-order valence-electron chi connectivity index (χ4n) is 2.34. The van der Waals surface area contributed by atoms with Crippen molar-refractivity contribution in [2.45, 2.75) is 26.2 Å². The highest BCUT2D eigenvalue weighted by Gasteiger charge is 2.31. The van der Waals surface area contributed by atoms with Crippen LogP contribution in [0.1, 0.15) is 34.1 Å². The number of amides is 1. The maximum Gasteiger partial charge on any atom is 0.309 e. The number of carbonyl (C=O) groups excluding carboxylic acids is 2. The number of esters is 1. The monoisotopic (exact) mass is 268 g/mol. The maximum atomic E-state index is 11.7. The Kier molecular flexibility index (Phi) is 3.56. The van der Waals surface area contributed by atoms with Gasteiger partial charge in [0.25, 0.3) is 5.91 Å². The average molecular weight is 268 g/mol. The maximum absolute atomic E-state index is 11.7. The second kappa shape index (κ2) is 4.97. The molecule has 18 heavy (non-hydrogen) atoms. The molecule has 0 fully saturated rings. The third-order valence-corrected chi connectivity index (χ3v) is 4.24.